The Morgan fingerprint density at radius 3 is 2.28 bits per heavy atom. The Morgan fingerprint density at radius 2 is 1.62 bits per heavy atom. The summed E-state index contributed by atoms with van der Waals surface area (Å²) in [4.78, 5) is 9.58. The number of ether oxygens (including phenoxy) is 1. The minimum Gasteiger partial charge on any atom is -0.379 e. The maximum absolute atomic E-state index is 5.58. The number of morpholine rings is 1. The first-order valence-electron chi connectivity index (χ1n) is 11.9. The van der Waals surface area contributed by atoms with Gasteiger partial charge in [0.25, 0.3) is 0 Å². The predicted molar refractivity (Wildman–Crippen MR) is 131 cm³/mol. The van der Waals surface area contributed by atoms with Crippen molar-refractivity contribution in [1.82, 2.24) is 20.4 Å². The highest BCUT2D eigenvalue weighted by molar-refractivity contribution is 5.80. The summed E-state index contributed by atoms with van der Waals surface area (Å²) in [6, 6.07) is 22.3. The summed E-state index contributed by atoms with van der Waals surface area (Å²) in [5, 5.41) is 7.28. The molecule has 2 aliphatic heterocycles. The molecule has 172 valence electrons. The third-order valence-electron chi connectivity index (χ3n) is 6.53. The molecule has 2 aromatic carbocycles. The first-order chi connectivity index (χ1) is 15.8. The normalized spacial score (nSPS) is 20.1. The van der Waals surface area contributed by atoms with Crippen LogP contribution in [0.15, 0.2) is 65.7 Å². The molecule has 1 unspecified atom stereocenters. The van der Waals surface area contributed by atoms with Crippen LogP contribution >= 0.6 is 0 Å². The number of nitrogens with one attached hydrogen (secondary N) is 2. The molecule has 2 saturated heterocycles. The van der Waals surface area contributed by atoms with Gasteiger partial charge in [-0.1, -0.05) is 60.7 Å². The van der Waals surface area contributed by atoms with E-state index in [1.54, 1.807) is 0 Å². The van der Waals surface area contributed by atoms with Crippen molar-refractivity contribution in [2.24, 2.45) is 4.99 Å². The molecular weight excluding hydrogens is 398 g/mol. The Balaban J connectivity index is 1.27. The molecule has 0 aliphatic carbocycles. The molecule has 2 heterocycles. The summed E-state index contributed by atoms with van der Waals surface area (Å²) >= 11 is 0. The summed E-state index contributed by atoms with van der Waals surface area (Å²) < 4.78 is 5.58. The van der Waals surface area contributed by atoms with Crippen LogP contribution in [0.5, 0.6) is 0 Å². The van der Waals surface area contributed by atoms with Gasteiger partial charge >= 0.3 is 0 Å². The number of likely N-dealkylation sites (tertiary alicyclic amines) is 1. The molecule has 6 nitrogen and oxygen atoms in total. The second kappa shape index (κ2) is 12.0. The molecule has 0 spiro atoms. The third-order valence-corrected chi connectivity index (χ3v) is 6.53. The van der Waals surface area contributed by atoms with Crippen LogP contribution in [0.25, 0.3) is 0 Å². The fourth-order valence-corrected chi connectivity index (χ4v) is 4.68. The molecule has 0 bridgehead atoms. The van der Waals surface area contributed by atoms with E-state index in [0.717, 1.165) is 71.3 Å². The van der Waals surface area contributed by atoms with E-state index in [1.165, 1.54) is 11.1 Å². The van der Waals surface area contributed by atoms with Gasteiger partial charge in [-0.15, -0.1) is 0 Å². The standard InChI is InChI=1S/C26H37N5O/c1-27-26(29-24-12-14-30(15-13-24)21-22-8-4-2-5-9-22)28-20-25(23-10-6-3-7-11-23)31-16-18-32-19-17-31/h2-11,24-25H,12-21H2,1H3,(H2,27,28,29). The molecule has 4 rings (SSSR count). The molecular formula is C26H37N5O. The van der Waals surface area contributed by atoms with E-state index in [1.807, 2.05) is 7.05 Å². The van der Waals surface area contributed by atoms with E-state index in [-0.39, 0.29) is 0 Å². The van der Waals surface area contributed by atoms with Crippen LogP contribution in [0.2, 0.25) is 0 Å². The lowest BCUT2D eigenvalue weighted by atomic mass is 10.0. The molecule has 0 aromatic heterocycles. The average Bonchev–Trinajstić information content (AvgIpc) is 2.86. The fourth-order valence-electron chi connectivity index (χ4n) is 4.68. The van der Waals surface area contributed by atoms with E-state index in [0.29, 0.717) is 12.1 Å². The summed E-state index contributed by atoms with van der Waals surface area (Å²) in [6.45, 7) is 7.64. The van der Waals surface area contributed by atoms with Gasteiger partial charge in [-0.2, -0.15) is 0 Å². The second-order valence-electron chi connectivity index (χ2n) is 8.71. The number of hydrogen-bond donors (Lipinski definition) is 2. The van der Waals surface area contributed by atoms with Gasteiger partial charge in [0, 0.05) is 52.4 Å². The number of benzene rings is 2. The Hall–Kier alpha value is -2.41. The average molecular weight is 436 g/mol. The van der Waals surface area contributed by atoms with Crippen LogP contribution in [0.3, 0.4) is 0 Å². The molecule has 0 amide bonds. The van der Waals surface area contributed by atoms with E-state index in [9.17, 15) is 0 Å². The maximum atomic E-state index is 5.58. The fraction of sp³-hybridized carbons (Fsp3) is 0.500. The van der Waals surface area contributed by atoms with Crippen molar-refractivity contribution in [2.45, 2.75) is 31.5 Å². The quantitative estimate of drug-likeness (QED) is 0.517. The highest BCUT2D eigenvalue weighted by Gasteiger charge is 2.24. The van der Waals surface area contributed by atoms with Crippen LogP contribution in [0, 0.1) is 0 Å². The van der Waals surface area contributed by atoms with Gasteiger partial charge < -0.3 is 15.4 Å². The predicted octanol–water partition coefficient (Wildman–Crippen LogP) is 2.89. The van der Waals surface area contributed by atoms with Crippen LogP contribution in [-0.2, 0) is 11.3 Å². The maximum Gasteiger partial charge on any atom is 0.191 e. The van der Waals surface area contributed by atoms with Gasteiger partial charge in [0.1, 0.15) is 0 Å². The number of rotatable bonds is 7. The zero-order valence-electron chi connectivity index (χ0n) is 19.2. The van der Waals surface area contributed by atoms with Crippen molar-refractivity contribution in [3.05, 3.63) is 71.8 Å². The summed E-state index contributed by atoms with van der Waals surface area (Å²) in [5.74, 6) is 0.903. The number of aliphatic imine (C=N–C) groups is 1. The van der Waals surface area contributed by atoms with Gasteiger partial charge in [-0.05, 0) is 24.0 Å². The topological polar surface area (TPSA) is 52.1 Å². The molecule has 0 saturated carbocycles. The Kier molecular flexibility index (Phi) is 8.54. The van der Waals surface area contributed by atoms with E-state index in [2.05, 4.69) is 86.1 Å². The molecule has 1 atom stereocenters. The molecule has 2 aromatic rings. The van der Waals surface area contributed by atoms with Gasteiger partial charge in [-0.3, -0.25) is 14.8 Å². The first-order valence-corrected chi connectivity index (χ1v) is 11.9. The van der Waals surface area contributed by atoms with Crippen LogP contribution in [-0.4, -0.2) is 74.8 Å². The van der Waals surface area contributed by atoms with Gasteiger partial charge in [0.2, 0.25) is 0 Å². The van der Waals surface area contributed by atoms with Crippen molar-refractivity contribution in [1.29, 1.82) is 0 Å². The van der Waals surface area contributed by atoms with Crippen molar-refractivity contribution < 1.29 is 4.74 Å². The molecule has 32 heavy (non-hydrogen) atoms. The number of nitrogens with zero attached hydrogens (tertiary/aromatic N) is 3. The largest absolute Gasteiger partial charge is 0.379 e. The highest BCUT2D eigenvalue weighted by Crippen LogP contribution is 2.21. The van der Waals surface area contributed by atoms with Crippen LogP contribution in [0.4, 0.5) is 0 Å². The highest BCUT2D eigenvalue weighted by atomic mass is 16.5. The first kappa shape index (κ1) is 22.8. The van der Waals surface area contributed by atoms with E-state index in [4.69, 9.17) is 4.74 Å². The van der Waals surface area contributed by atoms with Gasteiger partial charge in [0.05, 0.1) is 19.3 Å². The van der Waals surface area contributed by atoms with Crippen molar-refractivity contribution in [3.8, 4) is 0 Å². The van der Waals surface area contributed by atoms with Crippen molar-refractivity contribution in [2.75, 3.05) is 53.0 Å². The van der Waals surface area contributed by atoms with Crippen LogP contribution in [0.1, 0.15) is 30.0 Å². The molecule has 2 aliphatic rings. The Morgan fingerprint density at radius 1 is 0.969 bits per heavy atom. The third kappa shape index (κ3) is 6.55. The number of guanidine groups is 1. The van der Waals surface area contributed by atoms with Gasteiger partial charge in [-0.25, -0.2) is 0 Å². The minimum atomic E-state index is 0.311. The zero-order chi connectivity index (χ0) is 22.0. The summed E-state index contributed by atoms with van der Waals surface area (Å²) in [6.07, 6.45) is 2.28. The SMILES string of the molecule is CN=C(NCC(c1ccccc1)N1CCOCC1)NC1CCN(Cc2ccccc2)CC1. The van der Waals surface area contributed by atoms with Crippen LogP contribution < -0.4 is 10.6 Å². The number of piperidine rings is 1. The molecule has 6 heteroatoms. The van der Waals surface area contributed by atoms with E-state index < -0.39 is 0 Å². The summed E-state index contributed by atoms with van der Waals surface area (Å²) in [5.41, 5.74) is 2.73. The van der Waals surface area contributed by atoms with Crippen molar-refractivity contribution >= 4 is 5.96 Å². The lowest BCUT2D eigenvalue weighted by Gasteiger charge is -2.36. The zero-order valence-corrected chi connectivity index (χ0v) is 19.2. The lowest BCUT2D eigenvalue weighted by molar-refractivity contribution is 0.0170. The smallest absolute Gasteiger partial charge is 0.191 e. The van der Waals surface area contributed by atoms with Crippen molar-refractivity contribution in [3.63, 3.8) is 0 Å². The van der Waals surface area contributed by atoms with E-state index >= 15 is 0 Å². The molecule has 2 fully saturated rings. The molecule has 2 N–H and O–H groups in total. The number of hydrogen-bond acceptors (Lipinski definition) is 4. The summed E-state index contributed by atoms with van der Waals surface area (Å²) in [7, 11) is 1.87. The second-order valence-corrected chi connectivity index (χ2v) is 8.71. The Bertz CT molecular complexity index is 815. The lowest BCUT2D eigenvalue weighted by Crippen LogP contribution is -2.50. The Labute approximate surface area is 192 Å². The molecule has 0 radical (unpaired) electrons. The monoisotopic (exact) mass is 435 g/mol. The minimum absolute atomic E-state index is 0.311. The van der Waals surface area contributed by atoms with Gasteiger partial charge in [0.15, 0.2) is 5.96 Å².